The van der Waals surface area contributed by atoms with E-state index in [1.54, 1.807) is 6.07 Å². The Balaban J connectivity index is 2.34. The van der Waals surface area contributed by atoms with Crippen LogP contribution in [0.2, 0.25) is 0 Å². The molecule has 0 bridgehead atoms. The molecule has 1 aliphatic rings. The van der Waals surface area contributed by atoms with Crippen LogP contribution >= 0.6 is 0 Å². The fraction of sp³-hybridized carbons (Fsp3) is 0.375. The van der Waals surface area contributed by atoms with Gasteiger partial charge in [0.2, 0.25) is 0 Å². The zero-order valence-corrected chi connectivity index (χ0v) is 13.7. The zero-order valence-electron chi connectivity index (χ0n) is 13.7. The van der Waals surface area contributed by atoms with E-state index in [0.29, 0.717) is 0 Å². The maximum absolute atomic E-state index is 12.1. The van der Waals surface area contributed by atoms with Crippen molar-refractivity contribution in [1.29, 1.82) is 0 Å². The summed E-state index contributed by atoms with van der Waals surface area (Å²) in [6.45, 7) is 5.35. The van der Waals surface area contributed by atoms with Crippen LogP contribution in [0, 0.1) is 10.1 Å². The van der Waals surface area contributed by atoms with E-state index in [4.69, 9.17) is 5.11 Å². The number of rotatable bonds is 5. The fourth-order valence-electron chi connectivity index (χ4n) is 2.31. The minimum absolute atomic E-state index is 0.0555. The molecule has 8 heteroatoms. The number of nitro benzene ring substituents is 1. The monoisotopic (exact) mass is 333 g/mol. The smallest absolute Gasteiger partial charge is 0.292 e. The first-order valence-corrected chi connectivity index (χ1v) is 7.39. The molecule has 2 amide bonds. The van der Waals surface area contributed by atoms with Gasteiger partial charge in [-0.05, 0) is 17.0 Å². The molecule has 128 valence electrons. The third-order valence-electron chi connectivity index (χ3n) is 3.66. The summed E-state index contributed by atoms with van der Waals surface area (Å²) in [6.07, 6.45) is 1.07. The van der Waals surface area contributed by atoms with Gasteiger partial charge in [0, 0.05) is 12.1 Å². The van der Waals surface area contributed by atoms with E-state index >= 15 is 0 Å². The molecule has 0 radical (unpaired) electrons. The molecule has 0 spiro atoms. The molecule has 0 saturated carbocycles. The molecular weight excluding hydrogens is 314 g/mol. The SMILES string of the molecule is CC(C)(C)c1ccc(NC2=CC(=O)N(CCO)C2=O)c([N+](=O)[O-])c1. The number of imide groups is 1. The molecule has 0 aliphatic carbocycles. The average molecular weight is 333 g/mol. The Hall–Kier alpha value is -2.74. The third kappa shape index (κ3) is 3.43. The number of nitrogens with zero attached hydrogens (tertiary/aromatic N) is 2. The third-order valence-corrected chi connectivity index (χ3v) is 3.66. The Labute approximate surface area is 138 Å². The van der Waals surface area contributed by atoms with Crippen molar-refractivity contribution in [2.75, 3.05) is 18.5 Å². The van der Waals surface area contributed by atoms with Gasteiger partial charge in [0.1, 0.15) is 11.4 Å². The molecule has 1 aromatic rings. The number of carbonyl (C=O) groups excluding carboxylic acids is 2. The van der Waals surface area contributed by atoms with Gasteiger partial charge in [0.25, 0.3) is 17.5 Å². The maximum Gasteiger partial charge on any atom is 0.292 e. The van der Waals surface area contributed by atoms with Gasteiger partial charge in [-0.15, -0.1) is 0 Å². The van der Waals surface area contributed by atoms with Crippen LogP contribution in [0.3, 0.4) is 0 Å². The van der Waals surface area contributed by atoms with Gasteiger partial charge in [-0.1, -0.05) is 26.8 Å². The van der Waals surface area contributed by atoms with E-state index in [0.717, 1.165) is 16.5 Å². The Morgan fingerprint density at radius 1 is 1.29 bits per heavy atom. The van der Waals surface area contributed by atoms with Crippen molar-refractivity contribution >= 4 is 23.2 Å². The number of hydrogen-bond acceptors (Lipinski definition) is 6. The number of carbonyl (C=O) groups is 2. The van der Waals surface area contributed by atoms with Crippen LogP contribution in [0.1, 0.15) is 26.3 Å². The summed E-state index contributed by atoms with van der Waals surface area (Å²) < 4.78 is 0. The molecule has 24 heavy (non-hydrogen) atoms. The first-order valence-electron chi connectivity index (χ1n) is 7.39. The molecule has 0 atom stereocenters. The number of amides is 2. The molecule has 0 fully saturated rings. The standard InChI is InChI=1S/C16H19N3O5/c1-16(2,3)10-4-5-11(13(8-10)19(23)24)17-12-9-14(21)18(6-7-20)15(12)22/h4-5,8-9,17,20H,6-7H2,1-3H3. The summed E-state index contributed by atoms with van der Waals surface area (Å²) in [5.41, 5.74) is 0.416. The Kier molecular flexibility index (Phi) is 4.70. The summed E-state index contributed by atoms with van der Waals surface area (Å²) in [7, 11) is 0. The molecular formula is C16H19N3O5. The van der Waals surface area contributed by atoms with Gasteiger partial charge in [-0.3, -0.25) is 24.6 Å². The van der Waals surface area contributed by atoms with Crippen LogP contribution in [0.4, 0.5) is 11.4 Å². The van der Waals surface area contributed by atoms with Gasteiger partial charge in [0.05, 0.1) is 18.1 Å². The second-order valence-corrected chi connectivity index (χ2v) is 6.44. The van der Waals surface area contributed by atoms with Crippen LogP contribution in [0.15, 0.2) is 30.0 Å². The summed E-state index contributed by atoms with van der Waals surface area (Å²) >= 11 is 0. The second kappa shape index (κ2) is 6.40. The minimum Gasteiger partial charge on any atom is -0.395 e. The zero-order chi connectivity index (χ0) is 18.1. The lowest BCUT2D eigenvalue weighted by molar-refractivity contribution is -0.384. The molecule has 1 heterocycles. The van der Waals surface area contributed by atoms with Crippen molar-refractivity contribution < 1.29 is 19.6 Å². The largest absolute Gasteiger partial charge is 0.395 e. The van der Waals surface area contributed by atoms with E-state index < -0.39 is 16.7 Å². The number of aliphatic hydroxyl groups is 1. The highest BCUT2D eigenvalue weighted by molar-refractivity contribution is 6.17. The number of aliphatic hydroxyl groups excluding tert-OH is 1. The Morgan fingerprint density at radius 2 is 1.96 bits per heavy atom. The van der Waals surface area contributed by atoms with E-state index in [2.05, 4.69) is 5.32 Å². The summed E-state index contributed by atoms with van der Waals surface area (Å²) in [4.78, 5) is 35.5. The lowest BCUT2D eigenvalue weighted by Crippen LogP contribution is -2.34. The normalized spacial score (nSPS) is 14.8. The minimum atomic E-state index is -0.622. The van der Waals surface area contributed by atoms with Crippen molar-refractivity contribution in [3.63, 3.8) is 0 Å². The average Bonchev–Trinajstić information content (AvgIpc) is 2.74. The Morgan fingerprint density at radius 3 is 2.50 bits per heavy atom. The number of anilines is 1. The van der Waals surface area contributed by atoms with Crippen molar-refractivity contribution in [2.45, 2.75) is 26.2 Å². The maximum atomic E-state index is 12.1. The molecule has 2 N–H and O–H groups in total. The van der Waals surface area contributed by atoms with Gasteiger partial charge < -0.3 is 10.4 Å². The van der Waals surface area contributed by atoms with E-state index in [1.165, 1.54) is 12.1 Å². The van der Waals surface area contributed by atoms with Gasteiger partial charge in [-0.2, -0.15) is 0 Å². The summed E-state index contributed by atoms with van der Waals surface area (Å²) in [5.74, 6) is -1.19. The number of hydrogen-bond donors (Lipinski definition) is 2. The van der Waals surface area contributed by atoms with Gasteiger partial charge in [-0.25, -0.2) is 0 Å². The van der Waals surface area contributed by atoms with E-state index in [-0.39, 0.29) is 35.6 Å². The van der Waals surface area contributed by atoms with Gasteiger partial charge in [0.15, 0.2) is 0 Å². The van der Waals surface area contributed by atoms with Crippen LogP contribution in [-0.2, 0) is 15.0 Å². The molecule has 0 unspecified atom stereocenters. The molecule has 0 aromatic heterocycles. The summed E-state index contributed by atoms with van der Waals surface area (Å²) in [5, 5.41) is 22.9. The molecule has 8 nitrogen and oxygen atoms in total. The predicted octanol–water partition coefficient (Wildman–Crippen LogP) is 1.55. The number of benzene rings is 1. The second-order valence-electron chi connectivity index (χ2n) is 6.44. The highest BCUT2D eigenvalue weighted by atomic mass is 16.6. The number of nitrogens with one attached hydrogen (secondary N) is 1. The van der Waals surface area contributed by atoms with Crippen molar-refractivity contribution in [3.05, 3.63) is 45.6 Å². The quantitative estimate of drug-likeness (QED) is 0.480. The predicted molar refractivity (Wildman–Crippen MR) is 87.3 cm³/mol. The van der Waals surface area contributed by atoms with Crippen molar-refractivity contribution in [2.24, 2.45) is 0 Å². The first-order chi connectivity index (χ1) is 11.1. The Bertz CT molecular complexity index is 734. The number of β-amino-alcohol motifs (C(OH)–C–C–N with tert-alkyl or cyclic N) is 1. The molecule has 1 aromatic carbocycles. The van der Waals surface area contributed by atoms with Crippen LogP contribution < -0.4 is 5.32 Å². The lowest BCUT2D eigenvalue weighted by atomic mass is 9.86. The summed E-state index contributed by atoms with van der Waals surface area (Å²) in [6, 6.07) is 4.71. The molecule has 1 aliphatic heterocycles. The van der Waals surface area contributed by atoms with Crippen molar-refractivity contribution in [3.8, 4) is 0 Å². The van der Waals surface area contributed by atoms with E-state index in [1.807, 2.05) is 20.8 Å². The van der Waals surface area contributed by atoms with E-state index in [9.17, 15) is 19.7 Å². The lowest BCUT2D eigenvalue weighted by Gasteiger charge is -2.19. The molecule has 2 rings (SSSR count). The fourth-order valence-corrected chi connectivity index (χ4v) is 2.31. The van der Waals surface area contributed by atoms with Crippen LogP contribution in [0.25, 0.3) is 0 Å². The number of nitro groups is 1. The van der Waals surface area contributed by atoms with Crippen LogP contribution in [-0.4, -0.2) is 39.9 Å². The van der Waals surface area contributed by atoms with Crippen LogP contribution in [0.5, 0.6) is 0 Å². The highest BCUT2D eigenvalue weighted by Gasteiger charge is 2.32. The molecule has 0 saturated heterocycles. The topological polar surface area (TPSA) is 113 Å². The van der Waals surface area contributed by atoms with Gasteiger partial charge >= 0.3 is 0 Å². The van der Waals surface area contributed by atoms with Crippen molar-refractivity contribution in [1.82, 2.24) is 4.90 Å². The first kappa shape index (κ1) is 17.6. The highest BCUT2D eigenvalue weighted by Crippen LogP contribution is 2.32.